The minimum absolute atomic E-state index is 0.111. The fraction of sp³-hybridized carbons (Fsp3) is 0.524. The van der Waals surface area contributed by atoms with Crippen LogP contribution in [0, 0.1) is 13.8 Å². The van der Waals surface area contributed by atoms with Crippen molar-refractivity contribution in [1.29, 1.82) is 0 Å². The van der Waals surface area contributed by atoms with Crippen molar-refractivity contribution >= 4 is 31.3 Å². The van der Waals surface area contributed by atoms with Gasteiger partial charge >= 0.3 is 0 Å². The van der Waals surface area contributed by atoms with Gasteiger partial charge in [0.25, 0.3) is 0 Å². The number of aromatic nitrogens is 2. The van der Waals surface area contributed by atoms with Gasteiger partial charge in [0, 0.05) is 31.7 Å². The third-order valence-corrected chi connectivity index (χ3v) is 9.92. The molecule has 0 bridgehead atoms. The molecule has 0 amide bonds. The molecule has 9 nitrogen and oxygen atoms in total. The third-order valence-electron chi connectivity index (χ3n) is 6.27. The van der Waals surface area contributed by atoms with Crippen LogP contribution in [-0.2, 0) is 19.9 Å². The summed E-state index contributed by atoms with van der Waals surface area (Å²) >= 11 is 0. The van der Waals surface area contributed by atoms with Gasteiger partial charge in [-0.05, 0) is 39.3 Å². The van der Waals surface area contributed by atoms with E-state index in [1.54, 1.807) is 12.1 Å². The number of nitrogens with zero attached hydrogens (tertiary/aromatic N) is 4. The predicted molar refractivity (Wildman–Crippen MR) is 121 cm³/mol. The molecular formula is C21H28N4O5S2. The first-order valence-electron chi connectivity index (χ1n) is 10.6. The van der Waals surface area contributed by atoms with E-state index < -0.39 is 19.9 Å². The number of anilines is 1. The molecule has 1 aromatic carbocycles. The van der Waals surface area contributed by atoms with Crippen molar-refractivity contribution in [3.8, 4) is 0 Å². The lowest BCUT2D eigenvalue weighted by Crippen LogP contribution is -2.49. The van der Waals surface area contributed by atoms with Gasteiger partial charge in [0.15, 0.2) is 15.6 Å². The molecule has 4 rings (SSSR count). The molecule has 2 fully saturated rings. The highest BCUT2D eigenvalue weighted by Crippen LogP contribution is 2.32. The van der Waals surface area contributed by atoms with Gasteiger partial charge in [-0.3, -0.25) is 9.48 Å². The van der Waals surface area contributed by atoms with E-state index in [1.807, 2.05) is 18.5 Å². The molecule has 1 unspecified atom stereocenters. The van der Waals surface area contributed by atoms with Gasteiger partial charge in [-0.15, -0.1) is 0 Å². The van der Waals surface area contributed by atoms with Crippen LogP contribution >= 0.6 is 0 Å². The number of Topliss-reactive ketones (excluding diaryl/α,β-unsaturated/α-hetero) is 1. The van der Waals surface area contributed by atoms with Crippen molar-refractivity contribution in [2.75, 3.05) is 42.6 Å². The second-order valence-corrected chi connectivity index (χ2v) is 12.7. The number of hydrogen-bond acceptors (Lipinski definition) is 7. The Morgan fingerprint density at radius 3 is 2.41 bits per heavy atom. The van der Waals surface area contributed by atoms with E-state index in [2.05, 4.69) is 10.00 Å². The molecule has 32 heavy (non-hydrogen) atoms. The molecule has 11 heteroatoms. The van der Waals surface area contributed by atoms with E-state index in [0.717, 1.165) is 17.1 Å². The van der Waals surface area contributed by atoms with Crippen LogP contribution < -0.4 is 4.90 Å². The van der Waals surface area contributed by atoms with Gasteiger partial charge in [0.2, 0.25) is 10.0 Å². The maximum absolute atomic E-state index is 13.1. The molecule has 2 aromatic rings. The van der Waals surface area contributed by atoms with E-state index in [9.17, 15) is 21.6 Å². The largest absolute Gasteiger partial charge is 0.366 e. The summed E-state index contributed by atoms with van der Waals surface area (Å²) in [6.45, 7) is 6.89. The number of aryl methyl sites for hydroxylation is 1. The standard InChI is InChI=1S/C21H28N4O5S2/c1-15-21(16(2)25(22-15)19-7-12-31(27,28)14-19)23-8-10-24(11-9-23)32(29,30)20-6-4-5-18(13-20)17(3)26/h4-6,13,19H,7-12,14H2,1-3H3. The van der Waals surface area contributed by atoms with Crippen LogP contribution in [0.1, 0.15) is 41.1 Å². The number of ketones is 1. The summed E-state index contributed by atoms with van der Waals surface area (Å²) in [5.41, 5.74) is 3.05. The lowest BCUT2D eigenvalue weighted by molar-refractivity contribution is 0.101. The van der Waals surface area contributed by atoms with Crippen LogP contribution in [0.15, 0.2) is 29.2 Å². The molecule has 0 saturated carbocycles. The molecule has 2 aliphatic rings. The number of hydrogen-bond donors (Lipinski definition) is 0. The van der Waals surface area contributed by atoms with Gasteiger partial charge in [0.1, 0.15) is 0 Å². The maximum atomic E-state index is 13.1. The van der Waals surface area contributed by atoms with E-state index in [-0.39, 0.29) is 28.2 Å². The molecular weight excluding hydrogens is 452 g/mol. The summed E-state index contributed by atoms with van der Waals surface area (Å²) in [5, 5.41) is 4.62. The Balaban J connectivity index is 1.51. The van der Waals surface area contributed by atoms with Crippen LogP contribution in [-0.4, -0.2) is 74.4 Å². The van der Waals surface area contributed by atoms with Crippen molar-refractivity contribution in [1.82, 2.24) is 14.1 Å². The van der Waals surface area contributed by atoms with Crippen molar-refractivity contribution in [2.45, 2.75) is 38.1 Å². The SMILES string of the molecule is CC(=O)c1cccc(S(=O)(=O)N2CCN(c3c(C)nn(C4CCS(=O)(=O)C4)c3C)CC2)c1. The number of rotatable bonds is 5. The van der Waals surface area contributed by atoms with E-state index in [0.29, 0.717) is 38.2 Å². The Labute approximate surface area is 189 Å². The maximum Gasteiger partial charge on any atom is 0.243 e. The number of sulfone groups is 1. The Hall–Kier alpha value is -2.24. The highest BCUT2D eigenvalue weighted by molar-refractivity contribution is 7.91. The highest BCUT2D eigenvalue weighted by atomic mass is 32.2. The number of benzene rings is 1. The van der Waals surface area contributed by atoms with Crippen molar-refractivity contribution in [3.63, 3.8) is 0 Å². The first-order chi connectivity index (χ1) is 15.0. The highest BCUT2D eigenvalue weighted by Gasteiger charge is 2.34. The Morgan fingerprint density at radius 1 is 1.12 bits per heavy atom. The van der Waals surface area contributed by atoms with Crippen LogP contribution in [0.2, 0.25) is 0 Å². The smallest absolute Gasteiger partial charge is 0.243 e. The van der Waals surface area contributed by atoms with Crippen LogP contribution in [0.3, 0.4) is 0 Å². The van der Waals surface area contributed by atoms with Gasteiger partial charge in [-0.1, -0.05) is 12.1 Å². The summed E-state index contributed by atoms with van der Waals surface area (Å²) in [6.07, 6.45) is 0.565. The molecule has 2 saturated heterocycles. The average molecular weight is 481 g/mol. The Bertz CT molecular complexity index is 1260. The molecule has 0 spiro atoms. The molecule has 1 atom stereocenters. The van der Waals surface area contributed by atoms with Gasteiger partial charge in [-0.25, -0.2) is 16.8 Å². The van der Waals surface area contributed by atoms with E-state index in [4.69, 9.17) is 0 Å². The lowest BCUT2D eigenvalue weighted by Gasteiger charge is -2.35. The second kappa shape index (κ2) is 8.27. The first kappa shape index (κ1) is 22.9. The number of sulfonamides is 1. The van der Waals surface area contributed by atoms with E-state index in [1.165, 1.54) is 23.4 Å². The fourth-order valence-corrected chi connectivity index (χ4v) is 7.77. The quantitative estimate of drug-likeness (QED) is 0.598. The van der Waals surface area contributed by atoms with Gasteiger partial charge in [-0.2, -0.15) is 9.40 Å². The molecule has 174 valence electrons. The minimum Gasteiger partial charge on any atom is -0.366 e. The van der Waals surface area contributed by atoms with Crippen molar-refractivity contribution in [2.24, 2.45) is 0 Å². The normalized spacial score (nSPS) is 21.7. The Kier molecular flexibility index (Phi) is 5.93. The minimum atomic E-state index is -3.70. The summed E-state index contributed by atoms with van der Waals surface area (Å²) in [7, 11) is -6.71. The van der Waals surface area contributed by atoms with Crippen molar-refractivity contribution < 1.29 is 21.6 Å². The van der Waals surface area contributed by atoms with Gasteiger partial charge < -0.3 is 4.90 Å². The second-order valence-electron chi connectivity index (χ2n) is 8.50. The molecule has 0 N–H and O–H groups in total. The summed E-state index contributed by atoms with van der Waals surface area (Å²) in [4.78, 5) is 13.9. The van der Waals surface area contributed by atoms with E-state index >= 15 is 0 Å². The molecule has 3 heterocycles. The molecule has 2 aliphatic heterocycles. The monoisotopic (exact) mass is 480 g/mol. The molecule has 0 aliphatic carbocycles. The first-order valence-corrected chi connectivity index (χ1v) is 13.9. The topological polar surface area (TPSA) is 110 Å². The van der Waals surface area contributed by atoms with Gasteiger partial charge in [0.05, 0.1) is 39.5 Å². The van der Waals surface area contributed by atoms with Crippen LogP contribution in [0.4, 0.5) is 5.69 Å². The predicted octanol–water partition coefficient (Wildman–Crippen LogP) is 1.57. The summed E-state index contributed by atoms with van der Waals surface area (Å²) in [6, 6.07) is 5.99. The summed E-state index contributed by atoms with van der Waals surface area (Å²) < 4.78 is 53.3. The van der Waals surface area contributed by atoms with Crippen LogP contribution in [0.25, 0.3) is 0 Å². The molecule has 0 radical (unpaired) electrons. The summed E-state index contributed by atoms with van der Waals surface area (Å²) in [5.74, 6) is 0.122. The lowest BCUT2D eigenvalue weighted by atomic mass is 10.2. The number of piperazine rings is 1. The number of carbonyl (C=O) groups excluding carboxylic acids is 1. The third kappa shape index (κ3) is 4.20. The Morgan fingerprint density at radius 2 is 1.81 bits per heavy atom. The average Bonchev–Trinajstić information content (AvgIpc) is 3.26. The van der Waals surface area contributed by atoms with Crippen LogP contribution in [0.5, 0.6) is 0 Å². The van der Waals surface area contributed by atoms with Crippen molar-refractivity contribution in [3.05, 3.63) is 41.2 Å². The zero-order valence-corrected chi connectivity index (χ0v) is 20.1. The zero-order chi connectivity index (χ0) is 23.3. The molecule has 1 aromatic heterocycles. The fourth-order valence-electron chi connectivity index (χ4n) is 4.61. The zero-order valence-electron chi connectivity index (χ0n) is 18.5. The number of carbonyl (C=O) groups is 1.